The first-order valence-electron chi connectivity index (χ1n) is 15.1. The highest BCUT2D eigenvalue weighted by Crippen LogP contribution is 2.49. The van der Waals surface area contributed by atoms with E-state index in [0.29, 0.717) is 17.5 Å². The molecule has 1 aliphatic carbocycles. The van der Waals surface area contributed by atoms with E-state index in [4.69, 9.17) is 19.4 Å². The Kier molecular flexibility index (Phi) is 4.96. The van der Waals surface area contributed by atoms with Crippen molar-refractivity contribution in [3.05, 3.63) is 140 Å². The van der Waals surface area contributed by atoms with Crippen molar-refractivity contribution in [2.75, 3.05) is 0 Å². The van der Waals surface area contributed by atoms with Gasteiger partial charge in [0.1, 0.15) is 11.2 Å². The van der Waals surface area contributed by atoms with Crippen LogP contribution in [0.3, 0.4) is 0 Å². The minimum absolute atomic E-state index is 0.583. The van der Waals surface area contributed by atoms with Gasteiger partial charge in [0.2, 0.25) is 0 Å². The molecule has 1 aliphatic rings. The number of fused-ring (bicyclic) bond motifs is 7. The minimum atomic E-state index is 0.583. The molecule has 7 aromatic carbocycles. The molecule has 0 aliphatic heterocycles. The summed E-state index contributed by atoms with van der Waals surface area (Å²) in [5.41, 5.74) is 9.39. The number of para-hydroxylation sites is 2. The van der Waals surface area contributed by atoms with Crippen LogP contribution in [0.25, 0.3) is 99.9 Å². The van der Waals surface area contributed by atoms with Gasteiger partial charge < -0.3 is 4.42 Å². The van der Waals surface area contributed by atoms with E-state index < -0.39 is 0 Å². The van der Waals surface area contributed by atoms with Gasteiger partial charge >= 0.3 is 0 Å². The van der Waals surface area contributed by atoms with Gasteiger partial charge in [0.05, 0.1) is 5.56 Å². The average molecular weight is 574 g/mol. The molecule has 9 aromatic rings. The summed E-state index contributed by atoms with van der Waals surface area (Å²) in [6.45, 7) is 0. The standard InChI is InChI=1S/C41H23N3O/c1-2-10-25-23-26(20-19-24(25)9-1)39-42-40(34-22-21-32-28-12-4-3-11-27(28)30-14-7-15-31(34)37(30)32)44-41(43-39)35-17-8-16-33-29-13-5-6-18-36(29)45-38(33)35/h1-23H. The summed E-state index contributed by atoms with van der Waals surface area (Å²) in [5.74, 6) is 1.84. The first-order valence-corrected chi connectivity index (χ1v) is 15.1. The Balaban J connectivity index is 1.26. The van der Waals surface area contributed by atoms with Gasteiger partial charge in [-0.3, -0.25) is 0 Å². The van der Waals surface area contributed by atoms with E-state index in [0.717, 1.165) is 49.4 Å². The van der Waals surface area contributed by atoms with E-state index in [1.165, 1.54) is 33.0 Å². The number of hydrogen-bond acceptors (Lipinski definition) is 4. The van der Waals surface area contributed by atoms with Crippen molar-refractivity contribution in [3.63, 3.8) is 0 Å². The molecular weight excluding hydrogens is 550 g/mol. The molecule has 4 heteroatoms. The molecule has 2 heterocycles. The Hall–Kier alpha value is -6.13. The van der Waals surface area contributed by atoms with Crippen LogP contribution in [-0.4, -0.2) is 15.0 Å². The van der Waals surface area contributed by atoms with Crippen LogP contribution in [0.1, 0.15) is 0 Å². The van der Waals surface area contributed by atoms with Crippen LogP contribution in [0.15, 0.2) is 144 Å². The van der Waals surface area contributed by atoms with Gasteiger partial charge in [-0.25, -0.2) is 15.0 Å². The summed E-state index contributed by atoms with van der Waals surface area (Å²) in [6.07, 6.45) is 0. The second-order valence-corrected chi connectivity index (χ2v) is 11.6. The topological polar surface area (TPSA) is 51.8 Å². The lowest BCUT2D eigenvalue weighted by atomic mass is 9.98. The van der Waals surface area contributed by atoms with E-state index in [2.05, 4.69) is 115 Å². The third kappa shape index (κ3) is 3.57. The van der Waals surface area contributed by atoms with Crippen LogP contribution >= 0.6 is 0 Å². The third-order valence-electron chi connectivity index (χ3n) is 9.08. The van der Waals surface area contributed by atoms with Crippen LogP contribution < -0.4 is 0 Å². The maximum Gasteiger partial charge on any atom is 0.167 e. The van der Waals surface area contributed by atoms with E-state index in [1.54, 1.807) is 0 Å². The maximum absolute atomic E-state index is 6.43. The summed E-state index contributed by atoms with van der Waals surface area (Å²) in [5, 5.41) is 6.80. The van der Waals surface area contributed by atoms with Crippen molar-refractivity contribution in [1.82, 2.24) is 15.0 Å². The first-order chi connectivity index (χ1) is 22.3. The van der Waals surface area contributed by atoms with E-state index in [-0.39, 0.29) is 0 Å². The molecule has 0 N–H and O–H groups in total. The van der Waals surface area contributed by atoms with Gasteiger partial charge in [0.15, 0.2) is 17.5 Å². The Labute approximate surface area is 258 Å². The maximum atomic E-state index is 6.43. The highest BCUT2D eigenvalue weighted by Gasteiger charge is 2.24. The lowest BCUT2D eigenvalue weighted by molar-refractivity contribution is 0.669. The van der Waals surface area contributed by atoms with Gasteiger partial charge in [-0.15, -0.1) is 0 Å². The Bertz CT molecular complexity index is 2640. The fourth-order valence-corrected chi connectivity index (χ4v) is 7.00. The summed E-state index contributed by atoms with van der Waals surface area (Å²) >= 11 is 0. The number of benzene rings is 7. The van der Waals surface area contributed by atoms with E-state index >= 15 is 0 Å². The van der Waals surface area contributed by atoms with Crippen molar-refractivity contribution in [2.24, 2.45) is 0 Å². The second-order valence-electron chi connectivity index (χ2n) is 11.6. The summed E-state index contributed by atoms with van der Waals surface area (Å²) in [6, 6.07) is 48.6. The molecule has 0 atom stereocenters. The Morgan fingerprint density at radius 2 is 0.978 bits per heavy atom. The Morgan fingerprint density at radius 1 is 0.378 bits per heavy atom. The highest BCUT2D eigenvalue weighted by atomic mass is 16.3. The van der Waals surface area contributed by atoms with Crippen molar-refractivity contribution < 1.29 is 4.42 Å². The first kappa shape index (κ1) is 24.3. The molecule has 0 amide bonds. The van der Waals surface area contributed by atoms with Crippen molar-refractivity contribution >= 4 is 43.5 Å². The van der Waals surface area contributed by atoms with Crippen LogP contribution in [0, 0.1) is 0 Å². The normalized spacial score (nSPS) is 12.0. The number of furan rings is 1. The number of rotatable bonds is 3. The molecule has 0 saturated heterocycles. The zero-order chi connectivity index (χ0) is 29.5. The molecule has 208 valence electrons. The monoisotopic (exact) mass is 573 g/mol. The molecule has 0 unspecified atom stereocenters. The highest BCUT2D eigenvalue weighted by molar-refractivity contribution is 6.18. The lowest BCUT2D eigenvalue weighted by Gasteiger charge is -2.12. The third-order valence-corrected chi connectivity index (χ3v) is 9.08. The number of nitrogens with zero attached hydrogens (tertiary/aromatic N) is 3. The quantitative estimate of drug-likeness (QED) is 0.211. The fourth-order valence-electron chi connectivity index (χ4n) is 7.00. The smallest absolute Gasteiger partial charge is 0.167 e. The molecule has 2 aromatic heterocycles. The molecule has 0 bridgehead atoms. The molecule has 0 fully saturated rings. The van der Waals surface area contributed by atoms with Crippen molar-refractivity contribution in [1.29, 1.82) is 0 Å². The van der Waals surface area contributed by atoms with Crippen LogP contribution in [0.4, 0.5) is 0 Å². The average Bonchev–Trinajstić information content (AvgIpc) is 3.65. The van der Waals surface area contributed by atoms with Crippen LogP contribution in [0.5, 0.6) is 0 Å². The largest absolute Gasteiger partial charge is 0.455 e. The SMILES string of the molecule is c1ccc2c(c1)-c1cccc3c(-c4nc(-c5ccc6ccccc6c5)nc(-c5cccc6c5oc5ccccc56)n4)ccc-2c13. The molecular formula is C41H23N3O. The summed E-state index contributed by atoms with van der Waals surface area (Å²) in [7, 11) is 0. The molecule has 45 heavy (non-hydrogen) atoms. The predicted octanol–water partition coefficient (Wildman–Crippen LogP) is 10.7. The van der Waals surface area contributed by atoms with Crippen LogP contribution in [-0.2, 0) is 0 Å². The van der Waals surface area contributed by atoms with Gasteiger partial charge in [-0.05, 0) is 68.1 Å². The fraction of sp³-hybridized carbons (Fsp3) is 0. The van der Waals surface area contributed by atoms with Gasteiger partial charge in [-0.1, -0.05) is 115 Å². The van der Waals surface area contributed by atoms with Crippen LogP contribution in [0.2, 0.25) is 0 Å². The summed E-state index contributed by atoms with van der Waals surface area (Å²) < 4.78 is 6.43. The number of hydrogen-bond donors (Lipinski definition) is 0. The molecule has 0 saturated carbocycles. The van der Waals surface area contributed by atoms with Crippen molar-refractivity contribution in [2.45, 2.75) is 0 Å². The van der Waals surface area contributed by atoms with Gasteiger partial charge in [-0.2, -0.15) is 0 Å². The lowest BCUT2D eigenvalue weighted by Crippen LogP contribution is -2.01. The summed E-state index contributed by atoms with van der Waals surface area (Å²) in [4.78, 5) is 15.4. The second kappa shape index (κ2) is 9.18. The zero-order valence-corrected chi connectivity index (χ0v) is 24.0. The number of aromatic nitrogens is 3. The minimum Gasteiger partial charge on any atom is -0.455 e. The van der Waals surface area contributed by atoms with E-state index in [1.807, 2.05) is 24.3 Å². The van der Waals surface area contributed by atoms with Gasteiger partial charge in [0.25, 0.3) is 0 Å². The molecule has 0 spiro atoms. The Morgan fingerprint density at radius 3 is 1.84 bits per heavy atom. The molecule has 0 radical (unpaired) electrons. The molecule has 10 rings (SSSR count). The molecule has 4 nitrogen and oxygen atoms in total. The predicted molar refractivity (Wildman–Crippen MR) is 183 cm³/mol. The van der Waals surface area contributed by atoms with Crippen molar-refractivity contribution in [3.8, 4) is 56.4 Å². The van der Waals surface area contributed by atoms with E-state index in [9.17, 15) is 0 Å². The zero-order valence-electron chi connectivity index (χ0n) is 24.0. The van der Waals surface area contributed by atoms with Gasteiger partial charge in [0, 0.05) is 21.9 Å².